The number of anilines is 1. The Labute approximate surface area is 153 Å². The molecule has 1 aliphatic rings. The largest absolute Gasteiger partial charge is 0.497 e. The molecule has 0 spiro atoms. The van der Waals surface area contributed by atoms with E-state index in [4.69, 9.17) is 4.74 Å². The van der Waals surface area contributed by atoms with E-state index in [1.807, 2.05) is 42.1 Å². The van der Waals surface area contributed by atoms with Crippen molar-refractivity contribution in [1.29, 1.82) is 0 Å². The Morgan fingerprint density at radius 1 is 1.24 bits per heavy atom. The van der Waals surface area contributed by atoms with Gasteiger partial charge in [-0.15, -0.1) is 11.8 Å². The van der Waals surface area contributed by atoms with Gasteiger partial charge < -0.3 is 15.0 Å². The molecule has 0 bridgehead atoms. The molecule has 0 aromatic heterocycles. The molecule has 2 aromatic carbocycles. The van der Waals surface area contributed by atoms with Crippen molar-refractivity contribution >= 4 is 23.4 Å². The van der Waals surface area contributed by atoms with Crippen LogP contribution in [0.2, 0.25) is 0 Å². The zero-order chi connectivity index (χ0) is 17.6. The van der Waals surface area contributed by atoms with Crippen LogP contribution >= 0.6 is 11.8 Å². The molecule has 2 aromatic rings. The summed E-state index contributed by atoms with van der Waals surface area (Å²) in [6.45, 7) is 4.04. The first-order valence-electron chi connectivity index (χ1n) is 8.60. The Hall–Kier alpha value is -2.14. The van der Waals surface area contributed by atoms with E-state index in [1.165, 1.54) is 4.90 Å². The van der Waals surface area contributed by atoms with Gasteiger partial charge in [-0.2, -0.15) is 0 Å². The molecule has 4 nitrogen and oxygen atoms in total. The quantitative estimate of drug-likeness (QED) is 0.857. The number of rotatable bonds is 6. The van der Waals surface area contributed by atoms with Crippen LogP contribution in [0.4, 0.5) is 5.69 Å². The first kappa shape index (κ1) is 17.7. The number of carbonyl (C=O) groups is 1. The van der Waals surface area contributed by atoms with Crippen LogP contribution in [0.15, 0.2) is 53.4 Å². The zero-order valence-electron chi connectivity index (χ0n) is 14.7. The van der Waals surface area contributed by atoms with E-state index in [1.54, 1.807) is 7.11 Å². The summed E-state index contributed by atoms with van der Waals surface area (Å²) < 4.78 is 5.15. The van der Waals surface area contributed by atoms with Crippen LogP contribution in [0.1, 0.15) is 18.9 Å². The highest BCUT2D eigenvalue weighted by atomic mass is 32.2. The fourth-order valence-electron chi connectivity index (χ4n) is 2.91. The molecule has 0 unspecified atom stereocenters. The number of hydrogen-bond donors (Lipinski definition) is 1. The topological polar surface area (TPSA) is 41.6 Å². The highest BCUT2D eigenvalue weighted by molar-refractivity contribution is 8.00. The maximum atomic E-state index is 12.4. The average Bonchev–Trinajstić information content (AvgIpc) is 2.66. The summed E-state index contributed by atoms with van der Waals surface area (Å²) in [4.78, 5) is 15.9. The molecule has 1 N–H and O–H groups in total. The Morgan fingerprint density at radius 3 is 2.72 bits per heavy atom. The van der Waals surface area contributed by atoms with Gasteiger partial charge in [0.05, 0.1) is 19.3 Å². The maximum absolute atomic E-state index is 12.4. The lowest BCUT2D eigenvalue weighted by Gasteiger charge is -2.34. The third-order valence-corrected chi connectivity index (χ3v) is 5.78. The molecule has 25 heavy (non-hydrogen) atoms. The minimum Gasteiger partial charge on any atom is -0.497 e. The van der Waals surface area contributed by atoms with Crippen LogP contribution in [-0.2, 0) is 11.3 Å². The Bertz CT molecular complexity index is 718. The van der Waals surface area contributed by atoms with Gasteiger partial charge in [0, 0.05) is 23.2 Å². The van der Waals surface area contributed by atoms with Crippen molar-refractivity contribution in [2.75, 3.05) is 25.1 Å². The lowest BCUT2D eigenvalue weighted by Crippen LogP contribution is -2.42. The van der Waals surface area contributed by atoms with Crippen LogP contribution in [0, 0.1) is 0 Å². The minimum atomic E-state index is 0.0485. The smallest absolute Gasteiger partial charge is 0.239 e. The van der Waals surface area contributed by atoms with Gasteiger partial charge in [0.2, 0.25) is 5.91 Å². The van der Waals surface area contributed by atoms with Gasteiger partial charge in [-0.25, -0.2) is 0 Å². The van der Waals surface area contributed by atoms with Crippen molar-refractivity contribution in [2.24, 2.45) is 0 Å². The van der Waals surface area contributed by atoms with Crippen LogP contribution in [0.3, 0.4) is 0 Å². The van der Waals surface area contributed by atoms with Gasteiger partial charge in [-0.05, 0) is 36.2 Å². The molecule has 1 amide bonds. The predicted octanol–water partition coefficient (Wildman–Crippen LogP) is 3.70. The molecule has 5 heteroatoms. The van der Waals surface area contributed by atoms with Crippen molar-refractivity contribution in [1.82, 2.24) is 5.32 Å². The van der Waals surface area contributed by atoms with Crippen molar-refractivity contribution in [3.05, 3.63) is 54.1 Å². The normalized spacial score (nSPS) is 16.2. The first-order chi connectivity index (χ1) is 12.2. The second-order valence-electron chi connectivity index (χ2n) is 6.12. The van der Waals surface area contributed by atoms with E-state index < -0.39 is 0 Å². The summed E-state index contributed by atoms with van der Waals surface area (Å²) in [6, 6.07) is 16.1. The van der Waals surface area contributed by atoms with Crippen molar-refractivity contribution < 1.29 is 9.53 Å². The molecule has 3 rings (SSSR count). The molecule has 1 atom stereocenters. The fourth-order valence-corrected chi connectivity index (χ4v) is 4.17. The average molecular weight is 356 g/mol. The molecule has 0 aliphatic carbocycles. The molecule has 0 radical (unpaired) electrons. The lowest BCUT2D eigenvalue weighted by atomic mass is 10.2. The Morgan fingerprint density at radius 2 is 2.00 bits per heavy atom. The third-order valence-electron chi connectivity index (χ3n) is 4.36. The number of nitrogens with one attached hydrogen (secondary N) is 1. The number of fused-ring (bicyclic) bond motifs is 1. The first-order valence-corrected chi connectivity index (χ1v) is 9.48. The number of nitrogens with zero attached hydrogens (tertiary/aromatic N) is 1. The van der Waals surface area contributed by atoms with Crippen LogP contribution < -0.4 is 15.0 Å². The number of carbonyl (C=O) groups excluding carboxylic acids is 1. The standard InChI is InChI=1S/C20H24N2O2S/c1-3-17-13-22(18-6-4-5-7-19(18)25-17)14-20(23)21-12-15-8-10-16(24-2)11-9-15/h4-11,17H,3,12-14H2,1-2H3,(H,21,23)/t17-/m0/s1. The summed E-state index contributed by atoms with van der Waals surface area (Å²) in [5.74, 6) is 0.871. The highest BCUT2D eigenvalue weighted by Crippen LogP contribution is 2.39. The maximum Gasteiger partial charge on any atom is 0.239 e. The summed E-state index contributed by atoms with van der Waals surface area (Å²) in [6.07, 6.45) is 1.10. The number of hydrogen-bond acceptors (Lipinski definition) is 4. The molecule has 0 saturated heterocycles. The van der Waals surface area contributed by atoms with E-state index in [0.29, 0.717) is 18.3 Å². The highest BCUT2D eigenvalue weighted by Gasteiger charge is 2.25. The van der Waals surface area contributed by atoms with E-state index in [9.17, 15) is 4.79 Å². The van der Waals surface area contributed by atoms with Crippen LogP contribution in [0.25, 0.3) is 0 Å². The zero-order valence-corrected chi connectivity index (χ0v) is 15.5. The molecule has 1 aliphatic heterocycles. The number of thioether (sulfide) groups is 1. The summed E-state index contributed by atoms with van der Waals surface area (Å²) in [5.41, 5.74) is 2.23. The van der Waals surface area contributed by atoms with E-state index in [-0.39, 0.29) is 5.91 Å². The van der Waals surface area contributed by atoms with Gasteiger partial charge in [-0.1, -0.05) is 31.2 Å². The van der Waals surface area contributed by atoms with Crippen LogP contribution in [0.5, 0.6) is 5.75 Å². The molecule has 132 valence electrons. The number of methoxy groups -OCH3 is 1. The van der Waals surface area contributed by atoms with E-state index in [0.717, 1.165) is 30.0 Å². The van der Waals surface area contributed by atoms with Crippen LogP contribution in [-0.4, -0.2) is 31.4 Å². The predicted molar refractivity (Wildman–Crippen MR) is 103 cm³/mol. The van der Waals surface area contributed by atoms with E-state index >= 15 is 0 Å². The molecule has 0 fully saturated rings. The monoisotopic (exact) mass is 356 g/mol. The summed E-state index contributed by atoms with van der Waals surface area (Å²) in [5, 5.41) is 3.55. The van der Waals surface area contributed by atoms with Gasteiger partial charge in [-0.3, -0.25) is 4.79 Å². The minimum absolute atomic E-state index is 0.0485. The second-order valence-corrected chi connectivity index (χ2v) is 7.46. The molecular formula is C20H24N2O2S. The van der Waals surface area contributed by atoms with Crippen molar-refractivity contribution in [3.63, 3.8) is 0 Å². The van der Waals surface area contributed by atoms with Gasteiger partial charge in [0.25, 0.3) is 0 Å². The SMILES string of the molecule is CC[C@H]1CN(CC(=O)NCc2ccc(OC)cc2)c2ccccc2S1. The fraction of sp³-hybridized carbons (Fsp3) is 0.350. The molecule has 1 heterocycles. The van der Waals surface area contributed by atoms with Gasteiger partial charge >= 0.3 is 0 Å². The number of para-hydroxylation sites is 1. The number of benzene rings is 2. The molecule has 0 saturated carbocycles. The number of amides is 1. The number of ether oxygens (including phenoxy) is 1. The van der Waals surface area contributed by atoms with E-state index in [2.05, 4.69) is 35.3 Å². The molecular weight excluding hydrogens is 332 g/mol. The Kier molecular flexibility index (Phi) is 5.87. The van der Waals surface area contributed by atoms with Gasteiger partial charge in [0.1, 0.15) is 5.75 Å². The van der Waals surface area contributed by atoms with Crippen molar-refractivity contribution in [2.45, 2.75) is 30.0 Å². The third kappa shape index (κ3) is 4.48. The lowest BCUT2D eigenvalue weighted by molar-refractivity contribution is -0.119. The Balaban J connectivity index is 1.60. The summed E-state index contributed by atoms with van der Waals surface area (Å²) in [7, 11) is 1.65. The summed E-state index contributed by atoms with van der Waals surface area (Å²) >= 11 is 1.92. The van der Waals surface area contributed by atoms with Gasteiger partial charge in [0.15, 0.2) is 0 Å². The van der Waals surface area contributed by atoms with Crippen molar-refractivity contribution in [3.8, 4) is 5.75 Å². The second kappa shape index (κ2) is 8.30.